The third kappa shape index (κ3) is 5.44. The number of nitro groups is 1. The van der Waals surface area contributed by atoms with Crippen molar-refractivity contribution >= 4 is 23.0 Å². The van der Waals surface area contributed by atoms with E-state index >= 15 is 0 Å². The van der Waals surface area contributed by atoms with Gasteiger partial charge >= 0.3 is 0 Å². The lowest BCUT2D eigenvalue weighted by atomic mass is 10.1. The number of rotatable bonds is 9. The Balaban J connectivity index is 1.87. The van der Waals surface area contributed by atoms with Gasteiger partial charge in [-0.2, -0.15) is 0 Å². The Hall–Kier alpha value is -3.09. The highest BCUT2D eigenvalue weighted by Crippen LogP contribution is 2.22. The number of hydrogen-bond acceptors (Lipinski definition) is 5. The molecule has 0 heterocycles. The van der Waals surface area contributed by atoms with Crippen molar-refractivity contribution in [3.8, 4) is 0 Å². The van der Waals surface area contributed by atoms with Crippen molar-refractivity contribution in [2.24, 2.45) is 0 Å². The van der Waals surface area contributed by atoms with Crippen molar-refractivity contribution in [3.05, 3.63) is 64.2 Å². The van der Waals surface area contributed by atoms with E-state index in [9.17, 15) is 14.9 Å². The molecule has 2 aromatic rings. The smallest absolute Gasteiger partial charge is 0.292 e. The summed E-state index contributed by atoms with van der Waals surface area (Å²) in [5.41, 5.74) is 2.13. The van der Waals surface area contributed by atoms with Crippen molar-refractivity contribution in [2.45, 2.75) is 26.8 Å². The van der Waals surface area contributed by atoms with Crippen LogP contribution in [0.3, 0.4) is 0 Å². The Morgan fingerprint density at radius 2 is 1.78 bits per heavy atom. The molecular weight excluding hydrogens is 344 g/mol. The molecule has 0 aliphatic carbocycles. The lowest BCUT2D eigenvalue weighted by Crippen LogP contribution is -2.31. The monoisotopic (exact) mass is 370 g/mol. The second-order valence-electron chi connectivity index (χ2n) is 6.38. The molecule has 7 heteroatoms. The minimum Gasteiger partial charge on any atom is -0.378 e. The fourth-order valence-corrected chi connectivity index (χ4v) is 2.91. The summed E-state index contributed by atoms with van der Waals surface area (Å²) in [6, 6.07) is 14.3. The first-order chi connectivity index (χ1) is 12.9. The van der Waals surface area contributed by atoms with Crippen LogP contribution in [0.2, 0.25) is 0 Å². The van der Waals surface area contributed by atoms with Crippen LogP contribution in [0.4, 0.5) is 17.1 Å². The highest BCUT2D eigenvalue weighted by Gasteiger charge is 2.12. The van der Waals surface area contributed by atoms with Gasteiger partial charge in [0.15, 0.2) is 0 Å². The van der Waals surface area contributed by atoms with E-state index in [2.05, 4.69) is 36.3 Å². The summed E-state index contributed by atoms with van der Waals surface area (Å²) in [4.78, 5) is 25.1. The molecule has 0 aliphatic heterocycles. The van der Waals surface area contributed by atoms with E-state index in [4.69, 9.17) is 0 Å². The van der Waals surface area contributed by atoms with Crippen LogP contribution in [0.15, 0.2) is 48.5 Å². The number of hydrogen-bond donors (Lipinski definition) is 2. The highest BCUT2D eigenvalue weighted by atomic mass is 16.6. The van der Waals surface area contributed by atoms with Crippen molar-refractivity contribution in [1.82, 2.24) is 5.32 Å². The number of nitrogens with zero attached hydrogens (tertiary/aromatic N) is 2. The molecule has 0 aliphatic rings. The van der Waals surface area contributed by atoms with Crippen LogP contribution in [0.1, 0.15) is 31.1 Å². The van der Waals surface area contributed by atoms with E-state index in [1.165, 1.54) is 6.07 Å². The predicted octanol–water partition coefficient (Wildman–Crippen LogP) is 3.67. The van der Waals surface area contributed by atoms with Crippen LogP contribution in [0, 0.1) is 10.1 Å². The molecule has 144 valence electrons. The van der Waals surface area contributed by atoms with Crippen LogP contribution in [0.25, 0.3) is 0 Å². The zero-order chi connectivity index (χ0) is 19.8. The van der Waals surface area contributed by atoms with Gasteiger partial charge in [0, 0.05) is 43.0 Å². The molecule has 0 saturated carbocycles. The van der Waals surface area contributed by atoms with Gasteiger partial charge < -0.3 is 15.5 Å². The average molecular weight is 370 g/mol. The largest absolute Gasteiger partial charge is 0.378 e. The fourth-order valence-electron chi connectivity index (χ4n) is 2.91. The topological polar surface area (TPSA) is 87.5 Å². The molecule has 0 bridgehead atoms. The molecular formula is C20H26N4O3. The molecule has 0 fully saturated rings. The third-order valence-electron chi connectivity index (χ3n) is 4.25. The summed E-state index contributed by atoms with van der Waals surface area (Å²) >= 11 is 0. The second-order valence-corrected chi connectivity index (χ2v) is 6.38. The number of carbonyl (C=O) groups excluding carboxylic acids is 1. The Bertz CT molecular complexity index is 775. The van der Waals surface area contributed by atoms with E-state index in [0.717, 1.165) is 12.2 Å². The standard InChI is InChI=1S/C20H26N4O3/c1-4-23(15(2)3)17-11-9-16(10-12-17)20(25)22-14-13-21-18-7-5-6-8-19(18)24(26)27/h5-12,15,21H,4,13-14H2,1-3H3,(H,22,25). The second kappa shape index (κ2) is 9.56. The number of nitrogens with one attached hydrogen (secondary N) is 2. The minimum absolute atomic E-state index is 0.0186. The summed E-state index contributed by atoms with van der Waals surface area (Å²) in [5, 5.41) is 16.8. The van der Waals surface area contributed by atoms with Gasteiger partial charge in [0.2, 0.25) is 0 Å². The molecule has 2 N–H and O–H groups in total. The first-order valence-electron chi connectivity index (χ1n) is 9.06. The molecule has 0 aromatic heterocycles. The van der Waals surface area contributed by atoms with Gasteiger partial charge in [0.1, 0.15) is 5.69 Å². The Morgan fingerprint density at radius 1 is 1.11 bits per heavy atom. The van der Waals surface area contributed by atoms with Crippen LogP contribution >= 0.6 is 0 Å². The zero-order valence-electron chi connectivity index (χ0n) is 15.9. The van der Waals surface area contributed by atoms with Gasteiger partial charge in [-0.1, -0.05) is 12.1 Å². The third-order valence-corrected chi connectivity index (χ3v) is 4.25. The average Bonchev–Trinajstić information content (AvgIpc) is 2.66. The van der Waals surface area contributed by atoms with Gasteiger partial charge in [0.05, 0.1) is 4.92 Å². The minimum atomic E-state index is -0.431. The zero-order valence-corrected chi connectivity index (χ0v) is 15.9. The maximum atomic E-state index is 12.3. The number of carbonyl (C=O) groups is 1. The number of anilines is 2. The van der Waals surface area contributed by atoms with Gasteiger partial charge in [-0.3, -0.25) is 14.9 Å². The van der Waals surface area contributed by atoms with Crippen molar-refractivity contribution < 1.29 is 9.72 Å². The Labute approximate surface area is 159 Å². The molecule has 0 atom stereocenters. The predicted molar refractivity (Wildman–Crippen MR) is 109 cm³/mol. The van der Waals surface area contributed by atoms with E-state index in [0.29, 0.717) is 30.4 Å². The van der Waals surface area contributed by atoms with E-state index in [1.54, 1.807) is 18.2 Å². The van der Waals surface area contributed by atoms with Crippen molar-refractivity contribution in [2.75, 3.05) is 29.9 Å². The number of amides is 1. The molecule has 0 saturated heterocycles. The number of nitro benzene ring substituents is 1. The number of para-hydroxylation sites is 2. The molecule has 27 heavy (non-hydrogen) atoms. The Morgan fingerprint density at radius 3 is 2.37 bits per heavy atom. The van der Waals surface area contributed by atoms with Gasteiger partial charge in [-0.05, 0) is 51.1 Å². The summed E-state index contributed by atoms with van der Waals surface area (Å²) < 4.78 is 0. The van der Waals surface area contributed by atoms with Crippen molar-refractivity contribution in [3.63, 3.8) is 0 Å². The van der Waals surface area contributed by atoms with Crippen LogP contribution < -0.4 is 15.5 Å². The maximum Gasteiger partial charge on any atom is 0.292 e. The first-order valence-corrected chi connectivity index (χ1v) is 9.06. The Kier molecular flexibility index (Phi) is 7.16. The maximum absolute atomic E-state index is 12.3. The molecule has 2 aromatic carbocycles. The van der Waals surface area contributed by atoms with Gasteiger partial charge in [-0.15, -0.1) is 0 Å². The lowest BCUT2D eigenvalue weighted by Gasteiger charge is -2.27. The molecule has 1 amide bonds. The normalized spacial score (nSPS) is 10.5. The van der Waals surface area contributed by atoms with Gasteiger partial charge in [-0.25, -0.2) is 0 Å². The van der Waals surface area contributed by atoms with Gasteiger partial charge in [0.25, 0.3) is 11.6 Å². The SMILES string of the molecule is CCN(c1ccc(C(=O)NCCNc2ccccc2[N+](=O)[O-])cc1)C(C)C. The van der Waals surface area contributed by atoms with E-state index in [1.807, 2.05) is 24.3 Å². The first kappa shape index (κ1) is 20.2. The highest BCUT2D eigenvalue weighted by molar-refractivity contribution is 5.94. The van der Waals surface area contributed by atoms with E-state index in [-0.39, 0.29) is 11.6 Å². The molecule has 0 spiro atoms. The van der Waals surface area contributed by atoms with E-state index < -0.39 is 4.92 Å². The molecule has 2 rings (SSSR count). The molecule has 0 radical (unpaired) electrons. The van der Waals surface area contributed by atoms with Crippen molar-refractivity contribution in [1.29, 1.82) is 0 Å². The summed E-state index contributed by atoms with van der Waals surface area (Å²) in [6.45, 7) is 8.03. The summed E-state index contributed by atoms with van der Waals surface area (Å²) in [5.74, 6) is -0.168. The quantitative estimate of drug-likeness (QED) is 0.399. The fraction of sp³-hybridized carbons (Fsp3) is 0.350. The summed E-state index contributed by atoms with van der Waals surface area (Å²) in [6.07, 6.45) is 0. The van der Waals surface area contributed by atoms with Crippen LogP contribution in [0.5, 0.6) is 0 Å². The van der Waals surface area contributed by atoms with Crippen LogP contribution in [-0.4, -0.2) is 36.5 Å². The summed E-state index contributed by atoms with van der Waals surface area (Å²) in [7, 11) is 0. The molecule has 7 nitrogen and oxygen atoms in total. The number of benzene rings is 2. The molecule has 0 unspecified atom stereocenters. The lowest BCUT2D eigenvalue weighted by molar-refractivity contribution is -0.384. The van der Waals surface area contributed by atoms with Crippen LogP contribution in [-0.2, 0) is 0 Å².